The Morgan fingerprint density at radius 1 is 1.56 bits per heavy atom. The molecule has 1 aromatic carbocycles. The molecule has 86 valence electrons. The Morgan fingerprint density at radius 2 is 2.44 bits per heavy atom. The first-order valence-corrected chi connectivity index (χ1v) is 6.20. The molecule has 3 nitrogen and oxygen atoms in total. The minimum absolute atomic E-state index is 0.0185. The number of ether oxygens (including phenoxy) is 1. The fourth-order valence-electron chi connectivity index (χ4n) is 1.79. The average Bonchev–Trinajstić information content (AvgIpc) is 2.70. The summed E-state index contributed by atoms with van der Waals surface area (Å²) in [7, 11) is 0. The highest BCUT2D eigenvalue weighted by atomic mass is 79.9. The summed E-state index contributed by atoms with van der Waals surface area (Å²) < 4.78 is 6.38. The molecule has 0 radical (unpaired) electrons. The highest BCUT2D eigenvalue weighted by Crippen LogP contribution is 2.18. The van der Waals surface area contributed by atoms with Gasteiger partial charge in [-0.25, -0.2) is 0 Å². The van der Waals surface area contributed by atoms with Crippen LogP contribution < -0.4 is 5.32 Å². The maximum absolute atomic E-state index is 11.7. The molecule has 0 aromatic heterocycles. The summed E-state index contributed by atoms with van der Waals surface area (Å²) in [5.74, 6) is 0.0185. The molecule has 2 rings (SSSR count). The number of benzene rings is 1. The van der Waals surface area contributed by atoms with E-state index in [1.807, 2.05) is 24.3 Å². The van der Waals surface area contributed by atoms with E-state index in [4.69, 9.17) is 4.74 Å². The molecule has 1 aliphatic heterocycles. The summed E-state index contributed by atoms with van der Waals surface area (Å²) in [6, 6.07) is 7.58. The van der Waals surface area contributed by atoms with Gasteiger partial charge in [0.2, 0.25) is 5.91 Å². The van der Waals surface area contributed by atoms with E-state index >= 15 is 0 Å². The molecule has 1 N–H and O–H groups in total. The lowest BCUT2D eigenvalue weighted by Crippen LogP contribution is -2.19. The number of carbonyl (C=O) groups excluding carboxylic acids is 1. The second kappa shape index (κ2) is 5.46. The van der Waals surface area contributed by atoms with Crippen LogP contribution in [0.15, 0.2) is 28.7 Å². The van der Waals surface area contributed by atoms with Crippen molar-refractivity contribution in [1.29, 1.82) is 0 Å². The van der Waals surface area contributed by atoms with Gasteiger partial charge in [0.15, 0.2) is 0 Å². The number of halogens is 1. The zero-order chi connectivity index (χ0) is 11.4. The van der Waals surface area contributed by atoms with Gasteiger partial charge in [-0.3, -0.25) is 4.79 Å². The first kappa shape index (κ1) is 11.6. The first-order valence-electron chi connectivity index (χ1n) is 5.41. The van der Waals surface area contributed by atoms with E-state index < -0.39 is 0 Å². The van der Waals surface area contributed by atoms with E-state index in [9.17, 15) is 4.79 Å². The van der Waals surface area contributed by atoms with Crippen molar-refractivity contribution in [3.63, 3.8) is 0 Å². The van der Waals surface area contributed by atoms with Gasteiger partial charge in [0.25, 0.3) is 0 Å². The second-order valence-electron chi connectivity index (χ2n) is 3.90. The van der Waals surface area contributed by atoms with Gasteiger partial charge in [0, 0.05) is 16.8 Å². The van der Waals surface area contributed by atoms with Gasteiger partial charge in [0.1, 0.15) is 0 Å². The molecular formula is C12H14BrNO2. The Labute approximate surface area is 103 Å². The third kappa shape index (κ3) is 3.32. The minimum Gasteiger partial charge on any atom is -0.378 e. The molecule has 1 amide bonds. The van der Waals surface area contributed by atoms with Crippen LogP contribution in [0.5, 0.6) is 0 Å². The highest BCUT2D eigenvalue weighted by Gasteiger charge is 2.18. The van der Waals surface area contributed by atoms with Crippen molar-refractivity contribution >= 4 is 27.5 Å². The number of anilines is 1. The van der Waals surface area contributed by atoms with Crippen molar-refractivity contribution in [2.75, 3.05) is 11.9 Å². The van der Waals surface area contributed by atoms with Gasteiger partial charge in [-0.15, -0.1) is 0 Å². The number of amides is 1. The second-order valence-corrected chi connectivity index (χ2v) is 4.81. The number of rotatable bonds is 3. The fraction of sp³-hybridized carbons (Fsp3) is 0.417. The molecular weight excluding hydrogens is 270 g/mol. The quantitative estimate of drug-likeness (QED) is 0.926. The Kier molecular flexibility index (Phi) is 3.96. The normalized spacial score (nSPS) is 19.7. The summed E-state index contributed by atoms with van der Waals surface area (Å²) in [6.07, 6.45) is 2.61. The Bertz CT molecular complexity index is 375. The number of hydrogen-bond donors (Lipinski definition) is 1. The molecule has 0 aliphatic carbocycles. The zero-order valence-electron chi connectivity index (χ0n) is 8.91. The van der Waals surface area contributed by atoms with Crippen molar-refractivity contribution in [1.82, 2.24) is 0 Å². The van der Waals surface area contributed by atoms with Crippen molar-refractivity contribution in [2.45, 2.75) is 25.4 Å². The first-order chi connectivity index (χ1) is 7.74. The summed E-state index contributed by atoms with van der Waals surface area (Å²) >= 11 is 3.36. The van der Waals surface area contributed by atoms with Crippen LogP contribution >= 0.6 is 15.9 Å². The maximum Gasteiger partial charge on any atom is 0.226 e. The lowest BCUT2D eigenvalue weighted by atomic mass is 10.2. The van der Waals surface area contributed by atoms with Gasteiger partial charge in [-0.05, 0) is 31.0 Å². The molecule has 1 aromatic rings. The number of carbonyl (C=O) groups is 1. The number of hydrogen-bond acceptors (Lipinski definition) is 2. The van der Waals surface area contributed by atoms with E-state index in [0.717, 1.165) is 29.6 Å². The summed E-state index contributed by atoms with van der Waals surface area (Å²) in [4.78, 5) is 11.7. The van der Waals surface area contributed by atoms with Crippen LogP contribution in [0.1, 0.15) is 19.3 Å². The fourth-order valence-corrected chi connectivity index (χ4v) is 2.19. The molecule has 1 fully saturated rings. The third-order valence-corrected chi connectivity index (χ3v) is 3.04. The van der Waals surface area contributed by atoms with Crippen LogP contribution in [0, 0.1) is 0 Å². The van der Waals surface area contributed by atoms with E-state index in [1.165, 1.54) is 0 Å². The lowest BCUT2D eigenvalue weighted by molar-refractivity contribution is -0.118. The van der Waals surface area contributed by atoms with E-state index in [0.29, 0.717) is 6.42 Å². The SMILES string of the molecule is O=C(CC1CCCO1)Nc1cccc(Br)c1. The smallest absolute Gasteiger partial charge is 0.226 e. The van der Waals surface area contributed by atoms with Crippen LogP contribution in [0.2, 0.25) is 0 Å². The maximum atomic E-state index is 11.7. The van der Waals surface area contributed by atoms with E-state index in [1.54, 1.807) is 0 Å². The number of nitrogens with one attached hydrogen (secondary N) is 1. The molecule has 1 atom stereocenters. The zero-order valence-corrected chi connectivity index (χ0v) is 10.5. The molecule has 1 heterocycles. The molecule has 16 heavy (non-hydrogen) atoms. The Hall–Kier alpha value is -0.870. The molecule has 1 saturated heterocycles. The summed E-state index contributed by atoms with van der Waals surface area (Å²) in [6.45, 7) is 0.787. The van der Waals surface area contributed by atoms with Gasteiger partial charge < -0.3 is 10.1 Å². The third-order valence-electron chi connectivity index (χ3n) is 2.55. The predicted octanol–water partition coefficient (Wildman–Crippen LogP) is 2.96. The predicted molar refractivity (Wildman–Crippen MR) is 66.4 cm³/mol. The lowest BCUT2D eigenvalue weighted by Gasteiger charge is -2.09. The molecule has 1 aliphatic rings. The molecule has 0 bridgehead atoms. The largest absolute Gasteiger partial charge is 0.378 e. The highest BCUT2D eigenvalue weighted by molar-refractivity contribution is 9.10. The minimum atomic E-state index is 0.0185. The van der Waals surface area contributed by atoms with Crippen molar-refractivity contribution in [3.8, 4) is 0 Å². The average molecular weight is 284 g/mol. The Balaban J connectivity index is 1.86. The van der Waals surface area contributed by atoms with Crippen LogP contribution in [0.25, 0.3) is 0 Å². The monoisotopic (exact) mass is 283 g/mol. The van der Waals surface area contributed by atoms with Gasteiger partial charge in [0.05, 0.1) is 12.5 Å². The molecule has 0 spiro atoms. The summed E-state index contributed by atoms with van der Waals surface area (Å²) in [5, 5.41) is 2.86. The van der Waals surface area contributed by atoms with Crippen LogP contribution in [-0.2, 0) is 9.53 Å². The Morgan fingerprint density at radius 3 is 3.12 bits per heavy atom. The van der Waals surface area contributed by atoms with Crippen molar-refractivity contribution < 1.29 is 9.53 Å². The van der Waals surface area contributed by atoms with Gasteiger partial charge in [-0.1, -0.05) is 22.0 Å². The van der Waals surface area contributed by atoms with Gasteiger partial charge in [-0.2, -0.15) is 0 Å². The van der Waals surface area contributed by atoms with Crippen molar-refractivity contribution in [2.24, 2.45) is 0 Å². The topological polar surface area (TPSA) is 38.3 Å². The summed E-state index contributed by atoms with van der Waals surface area (Å²) in [5.41, 5.74) is 0.817. The van der Waals surface area contributed by atoms with Crippen LogP contribution in [-0.4, -0.2) is 18.6 Å². The molecule has 1 unspecified atom stereocenters. The van der Waals surface area contributed by atoms with Gasteiger partial charge >= 0.3 is 0 Å². The van der Waals surface area contributed by atoms with Crippen LogP contribution in [0.4, 0.5) is 5.69 Å². The van der Waals surface area contributed by atoms with Crippen molar-refractivity contribution in [3.05, 3.63) is 28.7 Å². The van der Waals surface area contributed by atoms with E-state index in [-0.39, 0.29) is 12.0 Å². The van der Waals surface area contributed by atoms with E-state index in [2.05, 4.69) is 21.2 Å². The van der Waals surface area contributed by atoms with Crippen LogP contribution in [0.3, 0.4) is 0 Å². The molecule has 0 saturated carbocycles. The molecule has 4 heteroatoms. The standard InChI is InChI=1S/C12H14BrNO2/c13-9-3-1-4-10(7-9)14-12(15)8-11-5-2-6-16-11/h1,3-4,7,11H,2,5-6,8H2,(H,14,15).